The van der Waals surface area contributed by atoms with Crippen molar-refractivity contribution >= 4 is 32.5 Å². The minimum absolute atomic E-state index is 0.0457. The maximum atomic E-state index is 11.0. The molecule has 0 bridgehead atoms. The summed E-state index contributed by atoms with van der Waals surface area (Å²) in [6, 6.07) is 26.2. The van der Waals surface area contributed by atoms with Crippen molar-refractivity contribution in [3.63, 3.8) is 0 Å². The molecule has 1 saturated heterocycles. The number of hydrogen-bond donors (Lipinski definition) is 1. The van der Waals surface area contributed by atoms with Crippen LogP contribution < -0.4 is 4.74 Å². The molecule has 4 aromatic carbocycles. The van der Waals surface area contributed by atoms with E-state index in [4.69, 9.17) is 20.9 Å². The molecule has 2 aliphatic heterocycles. The van der Waals surface area contributed by atoms with Gasteiger partial charge >= 0.3 is 0 Å². The molecule has 0 radical (unpaired) electrons. The highest BCUT2D eigenvalue weighted by molar-refractivity contribution is 7.86. The molecule has 4 aromatic rings. The van der Waals surface area contributed by atoms with Crippen LogP contribution in [0.5, 0.6) is 11.5 Å². The van der Waals surface area contributed by atoms with Crippen molar-refractivity contribution in [2.24, 2.45) is 0 Å². The molecule has 2 atom stereocenters. The molecule has 174 valence electrons. The third-order valence-corrected chi connectivity index (χ3v) is 7.59. The van der Waals surface area contributed by atoms with E-state index in [2.05, 4.69) is 36.2 Å². The number of rotatable bonds is 1. The lowest BCUT2D eigenvalue weighted by Gasteiger charge is -2.17. The highest BCUT2D eigenvalue weighted by Gasteiger charge is 2.38. The third kappa shape index (κ3) is 4.42. The maximum absolute atomic E-state index is 11.0. The second kappa shape index (κ2) is 9.04. The van der Waals surface area contributed by atoms with Crippen LogP contribution in [0.4, 0.5) is 0 Å². The quantitative estimate of drug-likeness (QED) is 0.313. The highest BCUT2D eigenvalue weighted by Crippen LogP contribution is 2.49. The Morgan fingerprint density at radius 2 is 1.50 bits per heavy atom. The number of halogens is 1. The van der Waals surface area contributed by atoms with E-state index in [1.807, 2.05) is 24.3 Å². The molecule has 34 heavy (non-hydrogen) atoms. The van der Waals surface area contributed by atoms with Gasteiger partial charge in [-0.2, -0.15) is 8.42 Å². The third-order valence-electron chi connectivity index (χ3n) is 6.44. The van der Waals surface area contributed by atoms with Gasteiger partial charge in [0.25, 0.3) is 10.1 Å². The molecule has 0 saturated carbocycles. The van der Waals surface area contributed by atoms with Gasteiger partial charge in [0.1, 0.15) is 16.4 Å². The SMILES string of the molecule is CN1C[C@H]2c3ccccc3Oc3ccc(Cl)cc3[C@@H]2C1.O=S(=O)(O)c1cccc2ccccc12. The summed E-state index contributed by atoms with van der Waals surface area (Å²) in [7, 11) is -1.95. The minimum atomic E-state index is -4.13. The van der Waals surface area contributed by atoms with Crippen LogP contribution in [0.15, 0.2) is 89.8 Å². The van der Waals surface area contributed by atoms with E-state index in [0.29, 0.717) is 17.2 Å². The van der Waals surface area contributed by atoms with Crippen LogP contribution in [-0.2, 0) is 10.1 Å². The molecule has 0 spiro atoms. The molecule has 7 heteroatoms. The fourth-order valence-electron chi connectivity index (χ4n) is 4.95. The van der Waals surface area contributed by atoms with Gasteiger partial charge in [0.05, 0.1) is 0 Å². The zero-order valence-corrected chi connectivity index (χ0v) is 20.1. The molecule has 1 fully saturated rings. The lowest BCUT2D eigenvalue weighted by Crippen LogP contribution is -2.14. The zero-order valence-electron chi connectivity index (χ0n) is 18.6. The standard InChI is InChI=1S/C17H16ClNO.C10H8O3S/c1-19-9-14-12-4-2-3-5-16(12)20-17-7-6-11(18)8-13(17)15(14)10-19;11-14(12,13)10-7-3-5-8-4-1-2-6-9(8)10/h2-8,14-15H,9-10H2,1H3;1-7H,(H,11,12,13)/t14-,15-;/m0./s1. The number of fused-ring (bicyclic) bond motifs is 6. The van der Waals surface area contributed by atoms with Gasteiger partial charge in [-0.05, 0) is 48.3 Å². The number of nitrogens with zero attached hydrogens (tertiary/aromatic N) is 1. The molecular formula is C27H24ClNO4S. The fraction of sp³-hybridized carbons (Fsp3) is 0.185. The first kappa shape index (κ1) is 22.9. The van der Waals surface area contributed by atoms with Crippen LogP contribution >= 0.6 is 11.6 Å². The Kier molecular flexibility index (Phi) is 6.08. The van der Waals surface area contributed by atoms with Crippen LogP contribution in [0.1, 0.15) is 23.0 Å². The van der Waals surface area contributed by atoms with E-state index >= 15 is 0 Å². The normalized spacial score (nSPS) is 19.1. The molecule has 2 heterocycles. The van der Waals surface area contributed by atoms with Crippen LogP contribution in [0, 0.1) is 0 Å². The van der Waals surface area contributed by atoms with E-state index in [1.165, 1.54) is 17.2 Å². The summed E-state index contributed by atoms with van der Waals surface area (Å²) in [6.45, 7) is 2.12. The van der Waals surface area contributed by atoms with Crippen LogP contribution in [0.25, 0.3) is 10.8 Å². The molecule has 5 nitrogen and oxygen atoms in total. The smallest absolute Gasteiger partial charge is 0.295 e. The summed E-state index contributed by atoms with van der Waals surface area (Å²) in [4.78, 5) is 2.35. The average molecular weight is 494 g/mol. The predicted octanol–water partition coefficient (Wildman–Crippen LogP) is 6.35. The van der Waals surface area contributed by atoms with E-state index in [9.17, 15) is 8.42 Å². The first-order valence-corrected chi connectivity index (χ1v) is 12.8. The largest absolute Gasteiger partial charge is 0.457 e. The first-order valence-electron chi connectivity index (χ1n) is 11.0. The summed E-state index contributed by atoms with van der Waals surface area (Å²) in [5.41, 5.74) is 2.55. The Bertz CT molecular complexity index is 1470. The number of hydrogen-bond acceptors (Lipinski definition) is 4. The Morgan fingerprint density at radius 1 is 0.853 bits per heavy atom. The Balaban J connectivity index is 0.000000152. The Hall–Kier alpha value is -2.90. The van der Waals surface area contributed by atoms with Crippen LogP contribution in [0.3, 0.4) is 0 Å². The molecule has 0 aliphatic carbocycles. The van der Waals surface area contributed by atoms with Crippen molar-refractivity contribution in [2.45, 2.75) is 16.7 Å². The maximum Gasteiger partial charge on any atom is 0.295 e. The summed E-state index contributed by atoms with van der Waals surface area (Å²) in [5.74, 6) is 2.87. The summed E-state index contributed by atoms with van der Waals surface area (Å²) in [5, 5.41) is 2.12. The van der Waals surface area contributed by atoms with Gasteiger partial charge in [0, 0.05) is 40.9 Å². The first-order chi connectivity index (χ1) is 16.3. The van der Waals surface area contributed by atoms with Crippen molar-refractivity contribution in [3.8, 4) is 11.5 Å². The molecule has 0 unspecified atom stereocenters. The van der Waals surface area contributed by atoms with Crippen molar-refractivity contribution in [1.82, 2.24) is 4.90 Å². The lowest BCUT2D eigenvalue weighted by atomic mass is 9.84. The van der Waals surface area contributed by atoms with Crippen LogP contribution in [-0.4, -0.2) is 38.0 Å². The Labute approximate surface area is 204 Å². The van der Waals surface area contributed by atoms with Gasteiger partial charge in [0.2, 0.25) is 0 Å². The summed E-state index contributed by atoms with van der Waals surface area (Å²) < 4.78 is 37.1. The van der Waals surface area contributed by atoms with Gasteiger partial charge in [-0.1, -0.05) is 66.2 Å². The van der Waals surface area contributed by atoms with E-state index in [1.54, 1.807) is 30.3 Å². The van der Waals surface area contributed by atoms with E-state index in [0.717, 1.165) is 35.0 Å². The molecule has 0 aromatic heterocycles. The number of para-hydroxylation sites is 1. The number of benzene rings is 4. The van der Waals surface area contributed by atoms with Gasteiger partial charge in [-0.3, -0.25) is 4.55 Å². The van der Waals surface area contributed by atoms with Crippen molar-refractivity contribution < 1.29 is 17.7 Å². The molecule has 1 N–H and O–H groups in total. The minimum Gasteiger partial charge on any atom is -0.457 e. The zero-order chi connectivity index (χ0) is 23.9. The highest BCUT2D eigenvalue weighted by atomic mass is 35.5. The van der Waals surface area contributed by atoms with Gasteiger partial charge < -0.3 is 9.64 Å². The summed E-state index contributed by atoms with van der Waals surface area (Å²) in [6.07, 6.45) is 0. The number of ether oxygens (including phenoxy) is 1. The van der Waals surface area contributed by atoms with Crippen molar-refractivity contribution in [3.05, 3.63) is 101 Å². The predicted molar refractivity (Wildman–Crippen MR) is 135 cm³/mol. The van der Waals surface area contributed by atoms with E-state index in [-0.39, 0.29) is 4.90 Å². The number of likely N-dealkylation sites (tertiary alicyclic amines) is 1. The monoisotopic (exact) mass is 493 g/mol. The molecular weight excluding hydrogens is 470 g/mol. The van der Waals surface area contributed by atoms with E-state index < -0.39 is 10.1 Å². The fourth-order valence-corrected chi connectivity index (χ4v) is 5.85. The van der Waals surface area contributed by atoms with Gasteiger partial charge in [0.15, 0.2) is 0 Å². The second-order valence-corrected chi connectivity index (χ2v) is 10.5. The molecule has 6 rings (SSSR count). The summed E-state index contributed by atoms with van der Waals surface area (Å²) >= 11 is 6.20. The topological polar surface area (TPSA) is 66.8 Å². The Morgan fingerprint density at radius 3 is 2.29 bits per heavy atom. The molecule has 0 amide bonds. The lowest BCUT2D eigenvalue weighted by molar-refractivity contribution is 0.401. The van der Waals surface area contributed by atoms with Crippen LogP contribution in [0.2, 0.25) is 5.02 Å². The average Bonchev–Trinajstić information content (AvgIpc) is 3.16. The van der Waals surface area contributed by atoms with Gasteiger partial charge in [-0.15, -0.1) is 0 Å². The second-order valence-electron chi connectivity index (χ2n) is 8.71. The van der Waals surface area contributed by atoms with Crippen molar-refractivity contribution in [1.29, 1.82) is 0 Å². The van der Waals surface area contributed by atoms with Crippen molar-refractivity contribution in [2.75, 3.05) is 20.1 Å². The number of likely N-dealkylation sites (N-methyl/N-ethyl adjacent to an activating group) is 1. The molecule has 2 aliphatic rings. The van der Waals surface area contributed by atoms with Gasteiger partial charge in [-0.25, -0.2) is 0 Å².